The SMILES string of the molecule is COC(=O)c1cc(OC)ccc1NC(=O)CCNC(=O)c1ccc(C(C)(C)C)cc1. The minimum absolute atomic E-state index is 0.0115. The van der Waals surface area contributed by atoms with Crippen molar-refractivity contribution in [2.45, 2.75) is 32.6 Å². The van der Waals surface area contributed by atoms with Gasteiger partial charge in [0.25, 0.3) is 5.91 Å². The second kappa shape index (κ2) is 9.91. The fourth-order valence-electron chi connectivity index (χ4n) is 2.76. The predicted octanol–water partition coefficient (Wildman–Crippen LogP) is 3.54. The molecule has 7 nitrogen and oxygen atoms in total. The second-order valence-electron chi connectivity index (χ2n) is 7.78. The van der Waals surface area contributed by atoms with E-state index in [-0.39, 0.29) is 35.8 Å². The zero-order valence-corrected chi connectivity index (χ0v) is 18.0. The molecule has 0 spiro atoms. The lowest BCUT2D eigenvalue weighted by atomic mass is 9.87. The van der Waals surface area contributed by atoms with Gasteiger partial charge in [-0.25, -0.2) is 4.79 Å². The molecule has 0 heterocycles. The van der Waals surface area contributed by atoms with Crippen molar-refractivity contribution in [2.75, 3.05) is 26.1 Å². The largest absolute Gasteiger partial charge is 0.497 e. The first-order valence-electron chi connectivity index (χ1n) is 9.60. The number of carbonyl (C=O) groups is 3. The number of carbonyl (C=O) groups excluding carboxylic acids is 3. The van der Waals surface area contributed by atoms with Crippen molar-refractivity contribution in [1.82, 2.24) is 5.32 Å². The van der Waals surface area contributed by atoms with Crippen molar-refractivity contribution in [2.24, 2.45) is 0 Å². The molecule has 0 unspecified atom stereocenters. The molecule has 0 saturated heterocycles. The van der Waals surface area contributed by atoms with E-state index < -0.39 is 5.97 Å². The summed E-state index contributed by atoms with van der Waals surface area (Å²) < 4.78 is 9.85. The molecule has 0 aliphatic heterocycles. The van der Waals surface area contributed by atoms with E-state index in [0.717, 1.165) is 5.56 Å². The summed E-state index contributed by atoms with van der Waals surface area (Å²) in [5, 5.41) is 5.40. The van der Waals surface area contributed by atoms with Crippen molar-refractivity contribution < 1.29 is 23.9 Å². The Balaban J connectivity index is 1.92. The lowest BCUT2D eigenvalue weighted by molar-refractivity contribution is -0.116. The Labute approximate surface area is 176 Å². The zero-order chi connectivity index (χ0) is 22.3. The second-order valence-corrected chi connectivity index (χ2v) is 7.78. The summed E-state index contributed by atoms with van der Waals surface area (Å²) >= 11 is 0. The lowest BCUT2D eigenvalue weighted by Gasteiger charge is -2.19. The van der Waals surface area contributed by atoms with E-state index in [4.69, 9.17) is 9.47 Å². The van der Waals surface area contributed by atoms with Crippen LogP contribution in [0.3, 0.4) is 0 Å². The van der Waals surface area contributed by atoms with Gasteiger partial charge in [0.15, 0.2) is 0 Å². The first kappa shape index (κ1) is 22.9. The Hall–Kier alpha value is -3.35. The molecule has 0 atom stereocenters. The Morgan fingerprint density at radius 3 is 2.20 bits per heavy atom. The maximum atomic E-state index is 12.3. The van der Waals surface area contributed by atoms with Crippen LogP contribution in [0.4, 0.5) is 5.69 Å². The van der Waals surface area contributed by atoms with Gasteiger partial charge < -0.3 is 20.1 Å². The van der Waals surface area contributed by atoms with E-state index in [2.05, 4.69) is 31.4 Å². The van der Waals surface area contributed by atoms with E-state index in [1.165, 1.54) is 20.3 Å². The van der Waals surface area contributed by atoms with E-state index >= 15 is 0 Å². The van der Waals surface area contributed by atoms with Crippen molar-refractivity contribution in [1.29, 1.82) is 0 Å². The van der Waals surface area contributed by atoms with Gasteiger partial charge in [0, 0.05) is 18.5 Å². The van der Waals surface area contributed by atoms with Crippen molar-refractivity contribution >= 4 is 23.5 Å². The van der Waals surface area contributed by atoms with E-state index in [0.29, 0.717) is 17.0 Å². The fourth-order valence-corrected chi connectivity index (χ4v) is 2.76. The molecular formula is C23H28N2O5. The summed E-state index contributed by atoms with van der Waals surface area (Å²) in [7, 11) is 2.74. The monoisotopic (exact) mass is 412 g/mol. The molecule has 0 aliphatic carbocycles. The molecule has 0 aromatic heterocycles. The van der Waals surface area contributed by atoms with Crippen LogP contribution in [0.5, 0.6) is 5.75 Å². The van der Waals surface area contributed by atoms with E-state index in [1.54, 1.807) is 24.3 Å². The molecule has 0 saturated carbocycles. The number of ether oxygens (including phenoxy) is 2. The first-order chi connectivity index (χ1) is 14.2. The minimum atomic E-state index is -0.587. The summed E-state index contributed by atoms with van der Waals surface area (Å²) in [5.74, 6) is -0.703. The van der Waals surface area contributed by atoms with Crippen LogP contribution in [0.2, 0.25) is 0 Å². The normalized spacial score (nSPS) is 10.8. The van der Waals surface area contributed by atoms with Gasteiger partial charge in [-0.1, -0.05) is 32.9 Å². The fraction of sp³-hybridized carbons (Fsp3) is 0.348. The summed E-state index contributed by atoms with van der Waals surface area (Å²) in [6.45, 7) is 6.48. The maximum Gasteiger partial charge on any atom is 0.340 e. The highest BCUT2D eigenvalue weighted by Gasteiger charge is 2.16. The van der Waals surface area contributed by atoms with Crippen molar-refractivity contribution in [3.63, 3.8) is 0 Å². The third-order valence-electron chi connectivity index (χ3n) is 4.56. The third kappa shape index (κ3) is 6.07. The molecule has 0 fully saturated rings. The van der Waals surface area contributed by atoms with Gasteiger partial charge in [0.1, 0.15) is 5.75 Å². The Bertz CT molecular complexity index is 914. The quantitative estimate of drug-likeness (QED) is 0.679. The third-order valence-corrected chi connectivity index (χ3v) is 4.56. The summed E-state index contributed by atoms with van der Waals surface area (Å²) in [6, 6.07) is 12.1. The Morgan fingerprint density at radius 1 is 0.967 bits per heavy atom. The number of anilines is 1. The predicted molar refractivity (Wildman–Crippen MR) is 115 cm³/mol. The average molecular weight is 412 g/mol. The van der Waals surface area contributed by atoms with Crippen LogP contribution in [-0.2, 0) is 14.9 Å². The van der Waals surface area contributed by atoms with Crippen LogP contribution in [0, 0.1) is 0 Å². The minimum Gasteiger partial charge on any atom is -0.497 e. The highest BCUT2D eigenvalue weighted by molar-refractivity contribution is 6.02. The molecule has 160 valence electrons. The first-order valence-corrected chi connectivity index (χ1v) is 9.60. The van der Waals surface area contributed by atoms with Gasteiger partial charge in [-0.05, 0) is 41.3 Å². The van der Waals surface area contributed by atoms with Crippen molar-refractivity contribution in [3.05, 3.63) is 59.2 Å². The summed E-state index contributed by atoms with van der Waals surface area (Å²) in [5.41, 5.74) is 2.19. The smallest absolute Gasteiger partial charge is 0.340 e. The molecule has 7 heteroatoms. The molecular weight excluding hydrogens is 384 g/mol. The number of esters is 1. The highest BCUT2D eigenvalue weighted by Crippen LogP contribution is 2.23. The van der Waals surface area contributed by atoms with Gasteiger partial charge in [-0.15, -0.1) is 0 Å². The van der Waals surface area contributed by atoms with Crippen LogP contribution in [0.25, 0.3) is 0 Å². The van der Waals surface area contributed by atoms with Crippen LogP contribution < -0.4 is 15.4 Å². The molecule has 2 aromatic rings. The maximum absolute atomic E-state index is 12.3. The van der Waals surface area contributed by atoms with Crippen molar-refractivity contribution in [3.8, 4) is 5.75 Å². The van der Waals surface area contributed by atoms with Crippen LogP contribution >= 0.6 is 0 Å². The van der Waals surface area contributed by atoms with E-state index in [1.807, 2.05) is 12.1 Å². The zero-order valence-electron chi connectivity index (χ0n) is 18.0. The number of hydrogen-bond donors (Lipinski definition) is 2. The van der Waals surface area contributed by atoms with Gasteiger partial charge in [0.2, 0.25) is 5.91 Å². The lowest BCUT2D eigenvalue weighted by Crippen LogP contribution is -2.28. The van der Waals surface area contributed by atoms with Crippen LogP contribution in [0.15, 0.2) is 42.5 Å². The number of hydrogen-bond acceptors (Lipinski definition) is 5. The highest BCUT2D eigenvalue weighted by atomic mass is 16.5. The summed E-state index contributed by atoms with van der Waals surface area (Å²) in [4.78, 5) is 36.5. The molecule has 0 aliphatic rings. The molecule has 2 amide bonds. The molecule has 2 N–H and O–H groups in total. The van der Waals surface area contributed by atoms with E-state index in [9.17, 15) is 14.4 Å². The molecule has 2 rings (SSSR count). The van der Waals surface area contributed by atoms with Gasteiger partial charge in [-0.2, -0.15) is 0 Å². The van der Waals surface area contributed by atoms with Crippen LogP contribution in [0.1, 0.15) is 53.5 Å². The molecule has 0 bridgehead atoms. The van der Waals surface area contributed by atoms with Gasteiger partial charge >= 0.3 is 5.97 Å². The Morgan fingerprint density at radius 2 is 1.63 bits per heavy atom. The number of amides is 2. The molecule has 30 heavy (non-hydrogen) atoms. The number of benzene rings is 2. The summed E-state index contributed by atoms with van der Waals surface area (Å²) in [6.07, 6.45) is 0.0540. The number of nitrogens with one attached hydrogen (secondary N) is 2. The Kier molecular flexibility index (Phi) is 7.58. The van der Waals surface area contributed by atoms with Gasteiger partial charge in [-0.3, -0.25) is 9.59 Å². The topological polar surface area (TPSA) is 93.7 Å². The number of rotatable bonds is 7. The molecule has 0 radical (unpaired) electrons. The average Bonchev–Trinajstić information content (AvgIpc) is 2.72. The number of methoxy groups -OCH3 is 2. The van der Waals surface area contributed by atoms with Crippen LogP contribution in [-0.4, -0.2) is 38.5 Å². The molecule has 2 aromatic carbocycles. The van der Waals surface area contributed by atoms with Gasteiger partial charge in [0.05, 0.1) is 25.5 Å². The standard InChI is InChI=1S/C23H28N2O5/c1-23(2,3)16-8-6-15(7-9-16)21(27)24-13-12-20(26)25-19-11-10-17(29-4)14-18(19)22(28)30-5/h6-11,14H,12-13H2,1-5H3,(H,24,27)(H,25,26).